The Hall–Kier alpha value is -1.51. The average Bonchev–Trinajstić information content (AvgIpc) is 3.16. The zero-order valence-corrected chi connectivity index (χ0v) is 16.8. The van der Waals surface area contributed by atoms with Gasteiger partial charge in [-0.25, -0.2) is 10.3 Å². The van der Waals surface area contributed by atoms with Crippen molar-refractivity contribution < 1.29 is 31.7 Å². The first-order chi connectivity index (χ1) is 13.8. The van der Waals surface area contributed by atoms with Crippen LogP contribution in [0, 0.1) is 5.92 Å². The van der Waals surface area contributed by atoms with Gasteiger partial charge >= 0.3 is 16.4 Å². The summed E-state index contributed by atoms with van der Waals surface area (Å²) in [5, 5.41) is 4.02. The second-order valence-corrected chi connectivity index (χ2v) is 9.15. The van der Waals surface area contributed by atoms with E-state index in [1.54, 1.807) is 0 Å². The molecule has 0 aromatic heterocycles. The molecule has 4 aliphatic heterocycles. The van der Waals surface area contributed by atoms with Crippen molar-refractivity contribution in [2.24, 2.45) is 5.92 Å². The van der Waals surface area contributed by atoms with Crippen LogP contribution in [0.3, 0.4) is 0 Å². The smallest absolute Gasteiger partial charge is 0.311 e. The Kier molecular flexibility index (Phi) is 5.95. The number of nitrogens with one attached hydrogen (secondary N) is 2. The van der Waals surface area contributed by atoms with Crippen LogP contribution in [0.5, 0.6) is 0 Å². The maximum absolute atomic E-state index is 12.5. The van der Waals surface area contributed by atoms with Crippen LogP contribution in [0.25, 0.3) is 0 Å². The molecule has 3 N–H and O–H groups in total. The molecule has 0 radical (unpaired) electrons. The molecule has 4 saturated heterocycles. The van der Waals surface area contributed by atoms with E-state index in [9.17, 15) is 18.0 Å². The van der Waals surface area contributed by atoms with Gasteiger partial charge in [-0.3, -0.25) is 14.2 Å². The molecule has 4 rings (SSSR count). The third-order valence-corrected chi connectivity index (χ3v) is 6.38. The predicted octanol–water partition coefficient (Wildman–Crippen LogP) is -1.28. The maximum Gasteiger partial charge on any atom is 0.418 e. The van der Waals surface area contributed by atoms with E-state index in [0.29, 0.717) is 30.4 Å². The van der Waals surface area contributed by atoms with Crippen molar-refractivity contribution in [1.29, 1.82) is 0 Å². The van der Waals surface area contributed by atoms with E-state index in [4.69, 9.17) is 9.39 Å². The Morgan fingerprint density at radius 3 is 2.79 bits per heavy atom. The van der Waals surface area contributed by atoms with Crippen LogP contribution in [0.2, 0.25) is 0 Å². The van der Waals surface area contributed by atoms with E-state index >= 15 is 0 Å². The first kappa shape index (κ1) is 20.8. The monoisotopic (exact) mass is 433 g/mol. The van der Waals surface area contributed by atoms with Crippen molar-refractivity contribution in [1.82, 2.24) is 25.7 Å². The Morgan fingerprint density at radius 1 is 1.31 bits per heavy atom. The summed E-state index contributed by atoms with van der Waals surface area (Å²) in [5.74, 6) is 0.131. The highest BCUT2D eigenvalue weighted by Crippen LogP contribution is 2.30. The molecule has 4 fully saturated rings. The summed E-state index contributed by atoms with van der Waals surface area (Å²) in [4.78, 5) is 33.9. The highest BCUT2D eigenvalue weighted by atomic mass is 32.3. The van der Waals surface area contributed by atoms with Crippen LogP contribution in [-0.2, 0) is 24.3 Å². The van der Waals surface area contributed by atoms with Crippen molar-refractivity contribution in [3.63, 3.8) is 0 Å². The first-order valence-corrected chi connectivity index (χ1v) is 11.3. The lowest BCUT2D eigenvalue weighted by atomic mass is 10.0. The topological polar surface area (TPSA) is 141 Å². The molecule has 0 aromatic rings. The third kappa shape index (κ3) is 4.81. The highest BCUT2D eigenvalue weighted by Gasteiger charge is 2.49. The fraction of sp³-hybridized carbons (Fsp3) is 0.875. The number of likely N-dealkylation sites (tertiary alicyclic amines) is 1. The van der Waals surface area contributed by atoms with E-state index < -0.39 is 34.4 Å². The van der Waals surface area contributed by atoms with Crippen molar-refractivity contribution >= 4 is 22.3 Å². The molecule has 13 heteroatoms. The lowest BCUT2D eigenvalue weighted by molar-refractivity contribution is -0.139. The Balaban J connectivity index is 1.21. The van der Waals surface area contributed by atoms with Crippen LogP contribution < -0.4 is 10.8 Å². The predicted molar refractivity (Wildman–Crippen MR) is 98.4 cm³/mol. The standard InChI is InChI=1S/C16H27N5O7S/c22-15(18-27-10-12-6-11(7-17-12)8-19-4-1-5-19)14-3-2-13-9-20(14)16(23)21(13)28-29(24,25)26/h11-14,17H,1-10H2,(H,18,22)(H,24,25,26)/t11-,12-,13+,14-/m0/s1. The second-order valence-electron chi connectivity index (χ2n) is 8.15. The number of hydrogen-bond acceptors (Lipinski definition) is 8. The minimum Gasteiger partial charge on any atom is -0.311 e. The Bertz CT molecular complexity index is 746. The quantitative estimate of drug-likeness (QED) is 0.315. The number of carbonyl (C=O) groups excluding carboxylic acids is 2. The first-order valence-electron chi connectivity index (χ1n) is 9.94. The third-order valence-electron chi connectivity index (χ3n) is 6.04. The van der Waals surface area contributed by atoms with Crippen molar-refractivity contribution in [3.05, 3.63) is 0 Å². The fourth-order valence-corrected chi connectivity index (χ4v) is 4.87. The van der Waals surface area contributed by atoms with Gasteiger partial charge in [0.25, 0.3) is 5.91 Å². The molecular formula is C16H27N5O7S. The summed E-state index contributed by atoms with van der Waals surface area (Å²) >= 11 is 0. The van der Waals surface area contributed by atoms with Gasteiger partial charge in [0.15, 0.2) is 0 Å². The van der Waals surface area contributed by atoms with Gasteiger partial charge in [0, 0.05) is 19.1 Å². The molecule has 12 nitrogen and oxygen atoms in total. The van der Waals surface area contributed by atoms with Gasteiger partial charge in [0.05, 0.1) is 12.6 Å². The molecule has 0 unspecified atom stereocenters. The summed E-state index contributed by atoms with van der Waals surface area (Å²) in [7, 11) is -4.81. The molecule has 0 saturated carbocycles. The number of urea groups is 1. The van der Waals surface area contributed by atoms with Gasteiger partial charge in [0.1, 0.15) is 6.04 Å². The number of hydrogen-bond donors (Lipinski definition) is 3. The molecular weight excluding hydrogens is 406 g/mol. The van der Waals surface area contributed by atoms with Gasteiger partial charge in [-0.15, -0.1) is 4.28 Å². The average molecular weight is 433 g/mol. The Labute approximate surface area is 169 Å². The number of hydroxylamine groups is 3. The van der Waals surface area contributed by atoms with Crippen molar-refractivity contribution in [2.45, 2.75) is 43.8 Å². The lowest BCUT2D eigenvalue weighted by Crippen LogP contribution is -2.50. The van der Waals surface area contributed by atoms with Crippen LogP contribution in [0.4, 0.5) is 4.79 Å². The van der Waals surface area contributed by atoms with E-state index in [-0.39, 0.29) is 12.6 Å². The summed E-state index contributed by atoms with van der Waals surface area (Å²) in [6, 6.07) is -1.90. The second kappa shape index (κ2) is 8.32. The number of carbonyl (C=O) groups is 2. The summed E-state index contributed by atoms with van der Waals surface area (Å²) in [6.07, 6.45) is 2.98. The lowest BCUT2D eigenvalue weighted by Gasteiger charge is -2.32. The number of rotatable bonds is 8. The molecule has 164 valence electrons. The van der Waals surface area contributed by atoms with Gasteiger partial charge in [-0.05, 0) is 51.2 Å². The summed E-state index contributed by atoms with van der Waals surface area (Å²) < 4.78 is 35.0. The fourth-order valence-electron chi connectivity index (χ4n) is 4.48. The van der Waals surface area contributed by atoms with E-state index in [0.717, 1.165) is 19.5 Å². The SMILES string of the molecule is O=C(NOC[C@@H]1C[C@H](CN2CCC2)CN1)[C@@H]1CC[C@@H]2CN1C(=O)N2OS(=O)(=O)O. The van der Waals surface area contributed by atoms with Crippen molar-refractivity contribution in [2.75, 3.05) is 39.3 Å². The van der Waals surface area contributed by atoms with Crippen LogP contribution in [0.15, 0.2) is 0 Å². The Morgan fingerprint density at radius 2 is 2.10 bits per heavy atom. The zero-order valence-electron chi connectivity index (χ0n) is 16.0. The largest absolute Gasteiger partial charge is 0.418 e. The number of nitrogens with zero attached hydrogens (tertiary/aromatic N) is 3. The van der Waals surface area contributed by atoms with Crippen LogP contribution >= 0.6 is 0 Å². The molecule has 4 aliphatic rings. The van der Waals surface area contributed by atoms with E-state index in [1.165, 1.54) is 24.4 Å². The molecule has 4 atom stereocenters. The molecule has 0 aromatic carbocycles. The molecule has 4 heterocycles. The summed E-state index contributed by atoms with van der Waals surface area (Å²) in [5.41, 5.74) is 2.41. The van der Waals surface area contributed by atoms with Gasteiger partial charge in [-0.2, -0.15) is 13.5 Å². The number of piperidine rings is 1. The van der Waals surface area contributed by atoms with Crippen molar-refractivity contribution in [3.8, 4) is 0 Å². The molecule has 3 amide bonds. The van der Waals surface area contributed by atoms with Gasteiger partial charge in [0.2, 0.25) is 0 Å². The van der Waals surface area contributed by atoms with Crippen LogP contribution in [-0.4, -0.2) is 97.2 Å². The maximum atomic E-state index is 12.5. The molecule has 2 bridgehead atoms. The van der Waals surface area contributed by atoms with E-state index in [1.807, 2.05) is 0 Å². The van der Waals surface area contributed by atoms with E-state index in [2.05, 4.69) is 20.0 Å². The zero-order chi connectivity index (χ0) is 20.6. The minimum absolute atomic E-state index is 0.148. The number of amides is 3. The molecule has 0 aliphatic carbocycles. The molecule has 0 spiro atoms. The normalized spacial score (nSPS) is 32.5. The number of fused-ring (bicyclic) bond motifs is 2. The minimum atomic E-state index is -4.81. The van der Waals surface area contributed by atoms with Gasteiger partial charge in [-0.1, -0.05) is 0 Å². The van der Waals surface area contributed by atoms with Crippen LogP contribution in [0.1, 0.15) is 25.7 Å². The van der Waals surface area contributed by atoms with Gasteiger partial charge < -0.3 is 15.1 Å². The molecule has 29 heavy (non-hydrogen) atoms. The highest BCUT2D eigenvalue weighted by molar-refractivity contribution is 7.80. The summed E-state index contributed by atoms with van der Waals surface area (Å²) in [6.45, 7) is 4.88.